The van der Waals surface area contributed by atoms with Crippen molar-refractivity contribution in [3.05, 3.63) is 18.1 Å². The van der Waals surface area contributed by atoms with Crippen molar-refractivity contribution in [2.75, 3.05) is 39.0 Å². The molecule has 2 aromatic heterocycles. The number of rotatable bonds is 5. The fourth-order valence-corrected chi connectivity index (χ4v) is 4.01. The van der Waals surface area contributed by atoms with Crippen LogP contribution in [0.25, 0.3) is 11.0 Å². The zero-order chi connectivity index (χ0) is 19.8. The number of imidazole rings is 1. The molecule has 1 N–H and O–H groups in total. The number of nitrogens with zero attached hydrogens (tertiary/aromatic N) is 5. The number of aromatic nitrogens is 3. The highest BCUT2D eigenvalue weighted by Gasteiger charge is 2.27. The second-order valence-corrected chi connectivity index (χ2v) is 8.77. The molecule has 7 nitrogen and oxygen atoms in total. The van der Waals surface area contributed by atoms with E-state index in [9.17, 15) is 4.79 Å². The number of nitrogens with one attached hydrogen (secondary N) is 1. The van der Waals surface area contributed by atoms with Gasteiger partial charge in [0.25, 0.3) is 0 Å². The Bertz CT molecular complexity index is 846. The molecular weight excluding hydrogens is 352 g/mol. The van der Waals surface area contributed by atoms with E-state index in [1.165, 1.54) is 12.8 Å². The number of likely N-dealkylation sites (tertiary alicyclic amines) is 1. The number of hydrogen-bond acceptors (Lipinski definition) is 4. The molecule has 1 saturated carbocycles. The van der Waals surface area contributed by atoms with Crippen molar-refractivity contribution in [2.45, 2.75) is 51.5 Å². The van der Waals surface area contributed by atoms with E-state index in [0.717, 1.165) is 60.9 Å². The van der Waals surface area contributed by atoms with Crippen LogP contribution in [0.2, 0.25) is 0 Å². The quantitative estimate of drug-likeness (QED) is 0.854. The highest BCUT2D eigenvalue weighted by Crippen LogP contribution is 2.34. The van der Waals surface area contributed by atoms with Gasteiger partial charge in [-0.15, -0.1) is 0 Å². The topological polar surface area (TPSA) is 66.3 Å². The molecule has 3 heterocycles. The number of hydrogen-bond donors (Lipinski definition) is 1. The molecule has 2 aromatic rings. The minimum absolute atomic E-state index is 0.103. The monoisotopic (exact) mass is 384 g/mol. The molecule has 0 aromatic carbocycles. The second-order valence-electron chi connectivity index (χ2n) is 8.77. The highest BCUT2D eigenvalue weighted by atomic mass is 16.2. The Kier molecular flexibility index (Phi) is 5.17. The number of piperidine rings is 1. The lowest BCUT2D eigenvalue weighted by atomic mass is 9.93. The van der Waals surface area contributed by atoms with Crippen LogP contribution < -0.4 is 5.32 Å². The van der Waals surface area contributed by atoms with Crippen LogP contribution in [0, 0.1) is 5.92 Å². The SMILES string of the molecule is CC(C)n1cnc2c(NCC3CC3)nc(C3CCN(C(=O)N(C)C)CC3)cc21. The maximum Gasteiger partial charge on any atom is 0.319 e. The lowest BCUT2D eigenvalue weighted by Gasteiger charge is -2.33. The Hall–Kier alpha value is -2.31. The first-order valence-electron chi connectivity index (χ1n) is 10.5. The van der Waals surface area contributed by atoms with Crippen molar-refractivity contribution >= 4 is 22.9 Å². The molecule has 1 aliphatic carbocycles. The van der Waals surface area contributed by atoms with E-state index < -0.39 is 0 Å². The zero-order valence-electron chi connectivity index (χ0n) is 17.5. The van der Waals surface area contributed by atoms with Crippen molar-refractivity contribution < 1.29 is 4.79 Å². The summed E-state index contributed by atoms with van der Waals surface area (Å²) in [5.41, 5.74) is 3.26. The number of fused-ring (bicyclic) bond motifs is 1. The Balaban J connectivity index is 1.59. The van der Waals surface area contributed by atoms with Gasteiger partial charge in [0.15, 0.2) is 5.82 Å². The molecule has 0 atom stereocenters. The molecule has 4 rings (SSSR count). The number of carbonyl (C=O) groups excluding carboxylic acids is 1. The van der Waals surface area contributed by atoms with Crippen LogP contribution in [-0.2, 0) is 0 Å². The number of urea groups is 1. The molecule has 2 fully saturated rings. The first-order valence-corrected chi connectivity index (χ1v) is 10.5. The molecule has 2 amide bonds. The van der Waals surface area contributed by atoms with Gasteiger partial charge in [0.1, 0.15) is 5.52 Å². The molecule has 0 bridgehead atoms. The molecule has 28 heavy (non-hydrogen) atoms. The summed E-state index contributed by atoms with van der Waals surface area (Å²) >= 11 is 0. The van der Waals surface area contributed by atoms with Crippen LogP contribution in [0.1, 0.15) is 57.2 Å². The van der Waals surface area contributed by atoms with Gasteiger partial charge < -0.3 is 19.7 Å². The molecule has 152 valence electrons. The molecule has 0 unspecified atom stereocenters. The van der Waals surface area contributed by atoms with Crippen molar-refractivity contribution in [1.82, 2.24) is 24.3 Å². The third kappa shape index (κ3) is 3.80. The van der Waals surface area contributed by atoms with E-state index in [4.69, 9.17) is 4.98 Å². The molecule has 7 heteroatoms. The van der Waals surface area contributed by atoms with Gasteiger partial charge in [-0.2, -0.15) is 0 Å². The van der Waals surface area contributed by atoms with E-state index >= 15 is 0 Å². The lowest BCUT2D eigenvalue weighted by Crippen LogP contribution is -2.43. The van der Waals surface area contributed by atoms with Crippen LogP contribution in [0.5, 0.6) is 0 Å². The fraction of sp³-hybridized carbons (Fsp3) is 0.667. The largest absolute Gasteiger partial charge is 0.368 e. The van der Waals surface area contributed by atoms with E-state index in [-0.39, 0.29) is 6.03 Å². The number of amides is 2. The molecule has 1 saturated heterocycles. The summed E-state index contributed by atoms with van der Waals surface area (Å²) in [4.78, 5) is 25.5. The van der Waals surface area contributed by atoms with E-state index in [1.54, 1.807) is 4.90 Å². The third-order valence-corrected chi connectivity index (χ3v) is 5.96. The molecular formula is C21H32N6O. The predicted molar refractivity (Wildman–Crippen MR) is 112 cm³/mol. The molecule has 2 aliphatic rings. The number of carbonyl (C=O) groups is 1. The van der Waals surface area contributed by atoms with Gasteiger partial charge >= 0.3 is 6.03 Å². The van der Waals surface area contributed by atoms with Crippen LogP contribution in [0.4, 0.5) is 10.6 Å². The van der Waals surface area contributed by atoms with E-state index in [0.29, 0.717) is 12.0 Å². The second kappa shape index (κ2) is 7.60. The molecule has 0 radical (unpaired) electrons. The third-order valence-electron chi connectivity index (χ3n) is 5.96. The van der Waals surface area contributed by atoms with Gasteiger partial charge in [-0.25, -0.2) is 14.8 Å². The van der Waals surface area contributed by atoms with Crippen LogP contribution in [-0.4, -0.2) is 64.1 Å². The average molecular weight is 385 g/mol. The lowest BCUT2D eigenvalue weighted by molar-refractivity contribution is 0.156. The average Bonchev–Trinajstić information content (AvgIpc) is 3.41. The summed E-state index contributed by atoms with van der Waals surface area (Å²) in [5, 5.41) is 3.57. The fourth-order valence-electron chi connectivity index (χ4n) is 4.01. The molecule has 1 aliphatic heterocycles. The Morgan fingerprint density at radius 1 is 1.25 bits per heavy atom. The minimum atomic E-state index is 0.103. The van der Waals surface area contributed by atoms with Gasteiger partial charge in [-0.05, 0) is 51.5 Å². The molecule has 0 spiro atoms. The Morgan fingerprint density at radius 2 is 1.96 bits per heavy atom. The summed E-state index contributed by atoms with van der Waals surface area (Å²) in [5.74, 6) is 2.09. The van der Waals surface area contributed by atoms with Crippen LogP contribution >= 0.6 is 0 Å². The summed E-state index contributed by atoms with van der Waals surface area (Å²) in [7, 11) is 3.63. The van der Waals surface area contributed by atoms with E-state index in [1.807, 2.05) is 25.3 Å². The minimum Gasteiger partial charge on any atom is -0.368 e. The Morgan fingerprint density at radius 3 is 2.57 bits per heavy atom. The normalized spacial score (nSPS) is 18.1. The van der Waals surface area contributed by atoms with Crippen molar-refractivity contribution in [1.29, 1.82) is 0 Å². The van der Waals surface area contributed by atoms with Gasteiger partial charge in [-0.1, -0.05) is 0 Å². The first kappa shape index (κ1) is 19.0. The maximum atomic E-state index is 12.2. The summed E-state index contributed by atoms with van der Waals surface area (Å²) in [6.07, 6.45) is 6.47. The van der Waals surface area contributed by atoms with Crippen LogP contribution in [0.3, 0.4) is 0 Å². The van der Waals surface area contributed by atoms with Crippen molar-refractivity contribution in [3.8, 4) is 0 Å². The van der Waals surface area contributed by atoms with Gasteiger partial charge in [0, 0.05) is 51.4 Å². The zero-order valence-corrected chi connectivity index (χ0v) is 17.5. The van der Waals surface area contributed by atoms with Crippen LogP contribution in [0.15, 0.2) is 12.4 Å². The van der Waals surface area contributed by atoms with Crippen molar-refractivity contribution in [3.63, 3.8) is 0 Å². The Labute approximate surface area is 167 Å². The summed E-state index contributed by atoms with van der Waals surface area (Å²) in [6.45, 7) is 6.93. The first-order chi connectivity index (χ1) is 13.4. The van der Waals surface area contributed by atoms with Gasteiger partial charge in [0.2, 0.25) is 0 Å². The highest BCUT2D eigenvalue weighted by molar-refractivity contribution is 5.86. The predicted octanol–water partition coefficient (Wildman–Crippen LogP) is 3.70. The van der Waals surface area contributed by atoms with E-state index in [2.05, 4.69) is 34.8 Å². The number of anilines is 1. The van der Waals surface area contributed by atoms with Gasteiger partial charge in [0.05, 0.1) is 11.8 Å². The standard InChI is InChI=1S/C21H32N6O/c1-14(2)27-13-23-19-18(27)11-17(24-20(19)22-12-15-5-6-15)16-7-9-26(10-8-16)21(28)25(3)4/h11,13-16H,5-10,12H2,1-4H3,(H,22,24). The van der Waals surface area contributed by atoms with Gasteiger partial charge in [-0.3, -0.25) is 0 Å². The summed E-state index contributed by atoms with van der Waals surface area (Å²) < 4.78 is 2.23. The maximum absolute atomic E-state index is 12.2. The van der Waals surface area contributed by atoms with Crippen molar-refractivity contribution in [2.24, 2.45) is 5.92 Å². The summed E-state index contributed by atoms with van der Waals surface area (Å²) in [6, 6.07) is 2.68. The number of pyridine rings is 1. The smallest absolute Gasteiger partial charge is 0.319 e.